The largest absolute Gasteiger partial charge is 0.464 e. The number of aryl methyl sites for hydroxylation is 1. The molecule has 0 saturated heterocycles. The Labute approximate surface area is 105 Å². The van der Waals surface area contributed by atoms with Gasteiger partial charge in [0.05, 0.1) is 19.1 Å². The molecular formula is C12H16N4O2. The minimum atomic E-state index is -0.442. The van der Waals surface area contributed by atoms with Crippen LogP contribution in [0.25, 0.3) is 11.4 Å². The number of ether oxygens (including phenoxy) is 1. The normalized spacial score (nSPS) is 10.9. The van der Waals surface area contributed by atoms with Gasteiger partial charge in [0, 0.05) is 19.3 Å². The van der Waals surface area contributed by atoms with Gasteiger partial charge in [0.15, 0.2) is 5.69 Å². The van der Waals surface area contributed by atoms with Crippen molar-refractivity contribution in [3.8, 4) is 11.4 Å². The highest BCUT2D eigenvalue weighted by Gasteiger charge is 2.22. The summed E-state index contributed by atoms with van der Waals surface area (Å²) in [4.78, 5) is 15.8. The number of aromatic nitrogens is 4. The molecule has 0 saturated carbocycles. The molecule has 0 unspecified atom stereocenters. The van der Waals surface area contributed by atoms with E-state index >= 15 is 0 Å². The zero-order chi connectivity index (χ0) is 13.3. The van der Waals surface area contributed by atoms with Gasteiger partial charge in [-0.2, -0.15) is 5.10 Å². The maximum absolute atomic E-state index is 11.7. The average Bonchev–Trinajstić information content (AvgIpc) is 2.93. The third-order valence-electron chi connectivity index (χ3n) is 2.72. The number of carbonyl (C=O) groups is 1. The maximum Gasteiger partial charge on any atom is 0.358 e. The lowest BCUT2D eigenvalue weighted by Gasteiger charge is -2.12. The second kappa shape index (κ2) is 4.64. The smallest absolute Gasteiger partial charge is 0.358 e. The Morgan fingerprint density at radius 2 is 2.17 bits per heavy atom. The van der Waals surface area contributed by atoms with E-state index in [4.69, 9.17) is 4.74 Å². The SMILES string of the molecule is COC(=O)c1ncn(C)c1-c1ccnn1C(C)C. The van der Waals surface area contributed by atoms with Crippen LogP contribution in [0.2, 0.25) is 0 Å². The number of esters is 1. The van der Waals surface area contributed by atoms with E-state index in [1.165, 1.54) is 7.11 Å². The third kappa shape index (κ3) is 1.90. The van der Waals surface area contributed by atoms with E-state index < -0.39 is 5.97 Å². The van der Waals surface area contributed by atoms with Crippen LogP contribution in [0.4, 0.5) is 0 Å². The lowest BCUT2D eigenvalue weighted by molar-refractivity contribution is 0.0595. The molecule has 0 fully saturated rings. The van der Waals surface area contributed by atoms with Gasteiger partial charge >= 0.3 is 5.97 Å². The van der Waals surface area contributed by atoms with Crippen molar-refractivity contribution in [2.45, 2.75) is 19.9 Å². The van der Waals surface area contributed by atoms with E-state index in [1.54, 1.807) is 17.1 Å². The molecule has 0 aromatic carbocycles. The number of hydrogen-bond acceptors (Lipinski definition) is 4. The molecule has 0 aliphatic carbocycles. The van der Waals surface area contributed by atoms with Crippen LogP contribution in [0.3, 0.4) is 0 Å². The third-order valence-corrected chi connectivity index (χ3v) is 2.72. The maximum atomic E-state index is 11.7. The molecule has 0 N–H and O–H groups in total. The molecule has 0 radical (unpaired) electrons. The predicted octanol–water partition coefficient (Wildman–Crippen LogP) is 1.65. The first kappa shape index (κ1) is 12.3. The van der Waals surface area contributed by atoms with Crippen molar-refractivity contribution in [2.24, 2.45) is 7.05 Å². The summed E-state index contributed by atoms with van der Waals surface area (Å²) in [5.74, 6) is -0.442. The highest BCUT2D eigenvalue weighted by Crippen LogP contribution is 2.25. The molecule has 2 heterocycles. The van der Waals surface area contributed by atoms with Gasteiger partial charge < -0.3 is 9.30 Å². The zero-order valence-corrected chi connectivity index (χ0v) is 10.9. The topological polar surface area (TPSA) is 61.9 Å². The van der Waals surface area contributed by atoms with Crippen molar-refractivity contribution in [3.05, 3.63) is 24.3 Å². The molecule has 0 atom stereocenters. The molecular weight excluding hydrogens is 232 g/mol. The minimum Gasteiger partial charge on any atom is -0.464 e. The van der Waals surface area contributed by atoms with Gasteiger partial charge in [-0.15, -0.1) is 0 Å². The number of imidazole rings is 1. The summed E-state index contributed by atoms with van der Waals surface area (Å²) in [6, 6.07) is 2.07. The van der Waals surface area contributed by atoms with Crippen molar-refractivity contribution < 1.29 is 9.53 Å². The van der Waals surface area contributed by atoms with Gasteiger partial charge in [-0.1, -0.05) is 0 Å². The van der Waals surface area contributed by atoms with Gasteiger partial charge in [-0.25, -0.2) is 9.78 Å². The molecule has 2 aromatic heterocycles. The van der Waals surface area contributed by atoms with Crippen LogP contribution in [0.1, 0.15) is 30.4 Å². The molecule has 96 valence electrons. The molecule has 6 nitrogen and oxygen atoms in total. The van der Waals surface area contributed by atoms with E-state index in [-0.39, 0.29) is 6.04 Å². The van der Waals surface area contributed by atoms with E-state index in [2.05, 4.69) is 10.1 Å². The summed E-state index contributed by atoms with van der Waals surface area (Å²) >= 11 is 0. The number of hydrogen-bond donors (Lipinski definition) is 0. The zero-order valence-electron chi connectivity index (χ0n) is 10.9. The van der Waals surface area contributed by atoms with Crippen LogP contribution in [0.5, 0.6) is 0 Å². The van der Waals surface area contributed by atoms with Crippen LogP contribution in [-0.4, -0.2) is 32.4 Å². The molecule has 0 aliphatic rings. The van der Waals surface area contributed by atoms with Crippen molar-refractivity contribution in [1.29, 1.82) is 0 Å². The number of methoxy groups -OCH3 is 1. The monoisotopic (exact) mass is 248 g/mol. The van der Waals surface area contributed by atoms with Crippen molar-refractivity contribution in [2.75, 3.05) is 7.11 Å². The Bertz CT molecular complexity index is 568. The summed E-state index contributed by atoms with van der Waals surface area (Å²) in [6.45, 7) is 4.06. The summed E-state index contributed by atoms with van der Waals surface area (Å²) in [6.07, 6.45) is 3.31. The summed E-state index contributed by atoms with van der Waals surface area (Å²) in [5.41, 5.74) is 1.88. The fraction of sp³-hybridized carbons (Fsp3) is 0.417. The molecule has 0 spiro atoms. The lowest BCUT2D eigenvalue weighted by atomic mass is 10.2. The predicted molar refractivity (Wildman–Crippen MR) is 66.2 cm³/mol. The van der Waals surface area contributed by atoms with Gasteiger partial charge in [0.2, 0.25) is 0 Å². The van der Waals surface area contributed by atoms with Crippen molar-refractivity contribution in [3.63, 3.8) is 0 Å². The molecule has 18 heavy (non-hydrogen) atoms. The van der Waals surface area contributed by atoms with Crippen molar-refractivity contribution in [1.82, 2.24) is 19.3 Å². The van der Waals surface area contributed by atoms with Gasteiger partial charge in [-0.05, 0) is 19.9 Å². The van der Waals surface area contributed by atoms with Crippen LogP contribution >= 0.6 is 0 Å². The highest BCUT2D eigenvalue weighted by molar-refractivity contribution is 5.93. The Morgan fingerprint density at radius 1 is 1.44 bits per heavy atom. The Balaban J connectivity index is 2.60. The molecule has 0 amide bonds. The van der Waals surface area contributed by atoms with E-state index in [9.17, 15) is 4.79 Å². The summed E-state index contributed by atoms with van der Waals surface area (Å²) in [5, 5.41) is 4.26. The molecule has 6 heteroatoms. The van der Waals surface area contributed by atoms with Crippen LogP contribution in [-0.2, 0) is 11.8 Å². The van der Waals surface area contributed by atoms with E-state index in [0.717, 1.165) is 5.69 Å². The minimum absolute atomic E-state index is 0.204. The highest BCUT2D eigenvalue weighted by atomic mass is 16.5. The van der Waals surface area contributed by atoms with Gasteiger partial charge in [0.1, 0.15) is 5.69 Å². The van der Waals surface area contributed by atoms with Crippen LogP contribution in [0, 0.1) is 0 Å². The molecule has 2 aromatic rings. The molecule has 2 rings (SSSR count). The Hall–Kier alpha value is -2.11. The fourth-order valence-corrected chi connectivity index (χ4v) is 1.89. The second-order valence-corrected chi connectivity index (χ2v) is 4.30. The first-order valence-corrected chi connectivity index (χ1v) is 5.69. The standard InChI is InChI=1S/C12H16N4O2/c1-8(2)16-9(5-6-14-16)11-10(12(17)18-4)13-7-15(11)3/h5-8H,1-4H3. The van der Waals surface area contributed by atoms with Crippen LogP contribution < -0.4 is 0 Å². The van der Waals surface area contributed by atoms with Gasteiger partial charge in [-0.3, -0.25) is 4.68 Å². The first-order valence-electron chi connectivity index (χ1n) is 5.69. The Morgan fingerprint density at radius 3 is 2.78 bits per heavy atom. The van der Waals surface area contributed by atoms with Gasteiger partial charge in [0.25, 0.3) is 0 Å². The summed E-state index contributed by atoms with van der Waals surface area (Å²) in [7, 11) is 3.19. The quantitative estimate of drug-likeness (QED) is 0.775. The Kier molecular flexibility index (Phi) is 3.18. The number of rotatable bonds is 3. The van der Waals surface area contributed by atoms with E-state index in [0.29, 0.717) is 11.4 Å². The second-order valence-electron chi connectivity index (χ2n) is 4.30. The number of carbonyl (C=O) groups excluding carboxylic acids is 1. The van der Waals surface area contributed by atoms with Crippen LogP contribution in [0.15, 0.2) is 18.6 Å². The molecule has 0 aliphatic heterocycles. The molecule has 0 bridgehead atoms. The lowest BCUT2D eigenvalue weighted by Crippen LogP contribution is -2.10. The summed E-state index contributed by atoms with van der Waals surface area (Å²) < 4.78 is 8.39. The van der Waals surface area contributed by atoms with Crippen molar-refractivity contribution >= 4 is 5.97 Å². The fourth-order valence-electron chi connectivity index (χ4n) is 1.89. The average molecular weight is 248 g/mol. The number of nitrogens with zero attached hydrogens (tertiary/aromatic N) is 4. The first-order chi connectivity index (χ1) is 8.56. The van der Waals surface area contributed by atoms with E-state index in [1.807, 2.05) is 31.6 Å².